The molecule has 0 atom stereocenters. The molecule has 0 aliphatic heterocycles. The summed E-state index contributed by atoms with van der Waals surface area (Å²) in [5.74, 6) is -0.206. The third-order valence-electron chi connectivity index (χ3n) is 1.52. The molecule has 76 valence electrons. The number of amides is 1. The number of halogens is 1. The molecule has 0 aromatic heterocycles. The zero-order chi connectivity index (χ0) is 10.7. The number of aromatic hydroxyl groups is 1. The van der Waals surface area contributed by atoms with Crippen molar-refractivity contribution in [3.63, 3.8) is 0 Å². The van der Waals surface area contributed by atoms with E-state index in [9.17, 15) is 9.90 Å². The van der Waals surface area contributed by atoms with Gasteiger partial charge in [0, 0.05) is 5.69 Å². The van der Waals surface area contributed by atoms with E-state index >= 15 is 0 Å². The van der Waals surface area contributed by atoms with E-state index in [0.29, 0.717) is 5.69 Å². The summed E-state index contributed by atoms with van der Waals surface area (Å²) >= 11 is 5.62. The van der Waals surface area contributed by atoms with Crippen molar-refractivity contribution >= 4 is 29.1 Å². The minimum absolute atomic E-state index is 0.0661. The topological polar surface area (TPSA) is 84.6 Å². The van der Waals surface area contributed by atoms with Gasteiger partial charge in [0.2, 0.25) is 0 Å². The highest BCUT2D eigenvalue weighted by atomic mass is 35.5. The molecule has 0 saturated carbocycles. The first kappa shape index (κ1) is 10.5. The second kappa shape index (κ2) is 4.06. The number of nitrogen functional groups attached to an aromatic ring is 1. The molecule has 1 aromatic carbocycles. The highest BCUT2D eigenvalue weighted by Crippen LogP contribution is 2.32. The van der Waals surface area contributed by atoms with Crippen molar-refractivity contribution in [3.05, 3.63) is 17.2 Å². The molecule has 0 radical (unpaired) electrons. The molecule has 1 amide bonds. The predicted molar refractivity (Wildman–Crippen MR) is 53.6 cm³/mol. The van der Waals surface area contributed by atoms with E-state index in [1.54, 1.807) is 0 Å². The van der Waals surface area contributed by atoms with Crippen LogP contribution in [0.1, 0.15) is 0 Å². The number of hydrogen-bond donors (Lipinski definition) is 3. The van der Waals surface area contributed by atoms with Crippen LogP contribution in [0.4, 0.5) is 16.2 Å². The van der Waals surface area contributed by atoms with Crippen LogP contribution in [0.15, 0.2) is 12.1 Å². The van der Waals surface area contributed by atoms with Crippen LogP contribution in [0.5, 0.6) is 5.75 Å². The van der Waals surface area contributed by atoms with Gasteiger partial charge in [0.05, 0.1) is 17.8 Å². The van der Waals surface area contributed by atoms with E-state index in [1.807, 2.05) is 0 Å². The van der Waals surface area contributed by atoms with E-state index < -0.39 is 6.09 Å². The smallest absolute Gasteiger partial charge is 0.411 e. The fraction of sp³-hybridized carbons (Fsp3) is 0.125. The van der Waals surface area contributed by atoms with E-state index in [1.165, 1.54) is 19.2 Å². The maximum atomic E-state index is 10.8. The maximum absolute atomic E-state index is 10.8. The van der Waals surface area contributed by atoms with Crippen LogP contribution in [0.2, 0.25) is 5.02 Å². The van der Waals surface area contributed by atoms with Crippen LogP contribution in [0, 0.1) is 0 Å². The Morgan fingerprint density at radius 1 is 1.64 bits per heavy atom. The molecular weight excluding hydrogens is 208 g/mol. The Bertz CT molecular complexity index is 345. The van der Waals surface area contributed by atoms with Crippen LogP contribution in [-0.4, -0.2) is 18.3 Å². The average molecular weight is 217 g/mol. The fourth-order valence-electron chi connectivity index (χ4n) is 0.861. The standard InChI is InChI=1S/C8H9ClN2O3/c1-14-8(13)11-4-2-5(9)7(12)6(10)3-4/h2-3,12H,10H2,1H3,(H,11,13). The lowest BCUT2D eigenvalue weighted by Gasteiger charge is -2.07. The second-order valence-corrected chi connectivity index (χ2v) is 2.92. The number of methoxy groups -OCH3 is 1. The third kappa shape index (κ3) is 2.20. The fourth-order valence-corrected chi connectivity index (χ4v) is 1.09. The zero-order valence-electron chi connectivity index (χ0n) is 7.37. The minimum atomic E-state index is -0.633. The van der Waals surface area contributed by atoms with Crippen LogP contribution in [0.3, 0.4) is 0 Å². The third-order valence-corrected chi connectivity index (χ3v) is 1.81. The van der Waals surface area contributed by atoms with Gasteiger partial charge in [-0.2, -0.15) is 0 Å². The summed E-state index contributed by atoms with van der Waals surface area (Å²) in [7, 11) is 1.24. The van der Waals surface area contributed by atoms with Crippen LogP contribution < -0.4 is 11.1 Å². The molecule has 1 rings (SSSR count). The number of phenols is 1. The van der Waals surface area contributed by atoms with Gasteiger partial charge < -0.3 is 15.6 Å². The predicted octanol–water partition coefficient (Wildman–Crippen LogP) is 1.81. The first-order valence-corrected chi connectivity index (χ1v) is 4.05. The summed E-state index contributed by atoms with van der Waals surface area (Å²) in [4.78, 5) is 10.8. The van der Waals surface area contributed by atoms with Crippen molar-refractivity contribution in [1.82, 2.24) is 0 Å². The lowest BCUT2D eigenvalue weighted by atomic mass is 10.2. The number of carbonyl (C=O) groups is 1. The first-order chi connectivity index (χ1) is 6.54. The van der Waals surface area contributed by atoms with Gasteiger partial charge in [0.25, 0.3) is 0 Å². The van der Waals surface area contributed by atoms with Crippen molar-refractivity contribution in [1.29, 1.82) is 0 Å². The quantitative estimate of drug-likeness (QED) is 0.380. The van der Waals surface area contributed by atoms with Gasteiger partial charge in [-0.3, -0.25) is 5.32 Å². The monoisotopic (exact) mass is 216 g/mol. The van der Waals surface area contributed by atoms with Crippen molar-refractivity contribution in [2.45, 2.75) is 0 Å². The van der Waals surface area contributed by atoms with E-state index in [-0.39, 0.29) is 16.5 Å². The number of nitrogens with two attached hydrogens (primary N) is 1. The van der Waals surface area contributed by atoms with Crippen molar-refractivity contribution in [3.8, 4) is 5.75 Å². The highest BCUT2D eigenvalue weighted by Gasteiger charge is 2.07. The lowest BCUT2D eigenvalue weighted by Crippen LogP contribution is -2.11. The highest BCUT2D eigenvalue weighted by molar-refractivity contribution is 6.32. The molecule has 0 aliphatic carbocycles. The molecule has 0 fully saturated rings. The molecule has 0 saturated heterocycles. The molecule has 0 unspecified atom stereocenters. The Labute approximate surface area is 85.4 Å². The summed E-state index contributed by atoms with van der Waals surface area (Å²) in [5.41, 5.74) is 5.86. The van der Waals surface area contributed by atoms with Gasteiger partial charge in [0.1, 0.15) is 0 Å². The van der Waals surface area contributed by atoms with Crippen LogP contribution in [-0.2, 0) is 4.74 Å². The Kier molecular flexibility index (Phi) is 3.03. The molecule has 0 bridgehead atoms. The largest absolute Gasteiger partial charge is 0.504 e. The van der Waals surface area contributed by atoms with Gasteiger partial charge in [-0.25, -0.2) is 4.79 Å². The van der Waals surface area contributed by atoms with E-state index in [2.05, 4.69) is 10.1 Å². The summed E-state index contributed by atoms with van der Waals surface area (Å²) < 4.78 is 4.37. The van der Waals surface area contributed by atoms with Crippen LogP contribution in [0.25, 0.3) is 0 Å². The number of anilines is 2. The Hall–Kier alpha value is -1.62. The SMILES string of the molecule is COC(=O)Nc1cc(N)c(O)c(Cl)c1. The Morgan fingerprint density at radius 2 is 2.29 bits per heavy atom. The Morgan fingerprint density at radius 3 is 2.79 bits per heavy atom. The van der Waals surface area contributed by atoms with Crippen LogP contribution >= 0.6 is 11.6 Å². The van der Waals surface area contributed by atoms with Gasteiger partial charge in [-0.05, 0) is 12.1 Å². The molecule has 0 heterocycles. The van der Waals surface area contributed by atoms with Gasteiger partial charge in [0.15, 0.2) is 5.75 Å². The number of ether oxygens (including phenoxy) is 1. The number of nitrogens with one attached hydrogen (secondary N) is 1. The van der Waals surface area contributed by atoms with Crippen molar-refractivity contribution in [2.24, 2.45) is 0 Å². The van der Waals surface area contributed by atoms with Gasteiger partial charge in [-0.1, -0.05) is 11.6 Å². The number of phenolic OH excluding ortho intramolecular Hbond substituents is 1. The summed E-state index contributed by atoms with van der Waals surface area (Å²) in [6.07, 6.45) is -0.633. The second-order valence-electron chi connectivity index (χ2n) is 2.51. The molecule has 0 aliphatic rings. The normalized spacial score (nSPS) is 9.57. The maximum Gasteiger partial charge on any atom is 0.411 e. The zero-order valence-corrected chi connectivity index (χ0v) is 8.13. The molecule has 6 heteroatoms. The molecule has 0 spiro atoms. The van der Waals surface area contributed by atoms with Gasteiger partial charge in [-0.15, -0.1) is 0 Å². The number of hydrogen-bond acceptors (Lipinski definition) is 4. The van der Waals surface area contributed by atoms with Crippen molar-refractivity contribution < 1.29 is 14.6 Å². The first-order valence-electron chi connectivity index (χ1n) is 3.67. The van der Waals surface area contributed by atoms with Gasteiger partial charge >= 0.3 is 6.09 Å². The van der Waals surface area contributed by atoms with E-state index in [0.717, 1.165) is 0 Å². The summed E-state index contributed by atoms with van der Waals surface area (Å²) in [6.45, 7) is 0. The number of carbonyl (C=O) groups excluding carboxylic acids is 1. The Balaban J connectivity index is 2.95. The number of rotatable bonds is 1. The molecule has 4 N–H and O–H groups in total. The molecule has 5 nitrogen and oxygen atoms in total. The molecule has 14 heavy (non-hydrogen) atoms. The summed E-state index contributed by atoms with van der Waals surface area (Å²) in [5, 5.41) is 11.7. The van der Waals surface area contributed by atoms with E-state index in [4.69, 9.17) is 17.3 Å². The number of benzene rings is 1. The average Bonchev–Trinajstić information content (AvgIpc) is 2.14. The summed E-state index contributed by atoms with van der Waals surface area (Å²) in [6, 6.07) is 2.74. The molecular formula is C8H9ClN2O3. The lowest BCUT2D eigenvalue weighted by molar-refractivity contribution is 0.187. The minimum Gasteiger partial charge on any atom is -0.504 e. The molecule has 1 aromatic rings. The van der Waals surface area contributed by atoms with Crippen molar-refractivity contribution in [2.75, 3.05) is 18.2 Å².